The molecule has 0 aliphatic heterocycles. The van der Waals surface area contributed by atoms with Gasteiger partial charge in [-0.25, -0.2) is 0 Å². The first-order chi connectivity index (χ1) is 17.1. The van der Waals surface area contributed by atoms with Gasteiger partial charge in [-0.05, 0) is 12.3 Å². The highest BCUT2D eigenvalue weighted by atomic mass is 16.6. The molecule has 35 heavy (non-hydrogen) atoms. The second-order valence-electron chi connectivity index (χ2n) is 8.68. The van der Waals surface area contributed by atoms with E-state index < -0.39 is 0 Å². The van der Waals surface area contributed by atoms with Gasteiger partial charge in [0.1, 0.15) is 12.2 Å². The average Bonchev–Trinajstić information content (AvgIpc) is 2.84. The van der Waals surface area contributed by atoms with E-state index in [1.54, 1.807) is 28.4 Å². The van der Waals surface area contributed by atoms with Crippen LogP contribution in [0.25, 0.3) is 0 Å². The normalized spacial score (nSPS) is 12.2. The van der Waals surface area contributed by atoms with Crippen molar-refractivity contribution in [2.45, 2.75) is 32.5 Å². The fourth-order valence-electron chi connectivity index (χ4n) is 3.11. The third-order valence-corrected chi connectivity index (χ3v) is 4.88. The van der Waals surface area contributed by atoms with Crippen molar-refractivity contribution in [1.82, 2.24) is 0 Å². The van der Waals surface area contributed by atoms with Gasteiger partial charge >= 0.3 is 0 Å². The largest absolute Gasteiger partial charge is 0.382 e. The maximum Gasteiger partial charge on any atom is 0.104 e. The highest BCUT2D eigenvalue weighted by Gasteiger charge is 2.19. The molecule has 10 nitrogen and oxygen atoms in total. The molecule has 10 heteroatoms. The van der Waals surface area contributed by atoms with Gasteiger partial charge in [0.05, 0.1) is 92.5 Å². The van der Waals surface area contributed by atoms with Gasteiger partial charge in [0.2, 0.25) is 0 Å². The van der Waals surface area contributed by atoms with Gasteiger partial charge in [0, 0.05) is 34.4 Å². The van der Waals surface area contributed by atoms with Gasteiger partial charge < -0.3 is 47.4 Å². The van der Waals surface area contributed by atoms with Crippen molar-refractivity contribution in [2.24, 2.45) is 11.8 Å². The van der Waals surface area contributed by atoms with Crippen LogP contribution in [0.1, 0.15) is 20.3 Å². The number of hydrogen-bond donors (Lipinski definition) is 0. The summed E-state index contributed by atoms with van der Waals surface area (Å²) in [7, 11) is 6.61. The third kappa shape index (κ3) is 23.7. The summed E-state index contributed by atoms with van der Waals surface area (Å²) in [6.45, 7) is 11.5. The zero-order valence-corrected chi connectivity index (χ0v) is 23.0. The van der Waals surface area contributed by atoms with E-state index in [2.05, 4.69) is 13.8 Å². The summed E-state index contributed by atoms with van der Waals surface area (Å²) >= 11 is 0. The Hall–Kier alpha value is -0.400. The highest BCUT2D eigenvalue weighted by Crippen LogP contribution is 2.15. The molecule has 0 saturated carbocycles. The molecule has 0 spiro atoms. The van der Waals surface area contributed by atoms with E-state index in [1.807, 2.05) is 0 Å². The molecule has 0 aliphatic rings. The van der Waals surface area contributed by atoms with Crippen molar-refractivity contribution in [3.05, 3.63) is 0 Å². The van der Waals surface area contributed by atoms with Gasteiger partial charge in [0.15, 0.2) is 0 Å². The SMILES string of the molecule is COCCOCC(COCCOC)OCC(COC(COCCOC)COCCOC)CC(C)C. The molecule has 0 unspecified atom stereocenters. The second-order valence-corrected chi connectivity index (χ2v) is 8.68. The minimum atomic E-state index is -0.177. The summed E-state index contributed by atoms with van der Waals surface area (Å²) < 4.78 is 55.4. The number of hydrogen-bond acceptors (Lipinski definition) is 10. The smallest absolute Gasteiger partial charge is 0.104 e. The lowest BCUT2D eigenvalue weighted by molar-refractivity contribution is -0.104. The number of rotatable bonds is 28. The van der Waals surface area contributed by atoms with E-state index in [0.29, 0.717) is 98.4 Å². The Morgan fingerprint density at radius 2 is 0.743 bits per heavy atom. The Kier molecular flexibility index (Phi) is 26.4. The summed E-state index contributed by atoms with van der Waals surface area (Å²) in [5.41, 5.74) is 0. The van der Waals surface area contributed by atoms with E-state index in [9.17, 15) is 0 Å². The van der Waals surface area contributed by atoms with E-state index in [4.69, 9.17) is 47.4 Å². The van der Waals surface area contributed by atoms with Gasteiger partial charge in [-0.3, -0.25) is 0 Å². The monoisotopic (exact) mass is 512 g/mol. The molecule has 0 aromatic heterocycles. The summed E-state index contributed by atoms with van der Waals surface area (Å²) in [4.78, 5) is 0. The molecule has 0 N–H and O–H groups in total. The minimum absolute atomic E-state index is 0.177. The van der Waals surface area contributed by atoms with Crippen LogP contribution in [0.5, 0.6) is 0 Å². The Balaban J connectivity index is 4.76. The first-order valence-corrected chi connectivity index (χ1v) is 12.6. The lowest BCUT2D eigenvalue weighted by Gasteiger charge is -2.26. The van der Waals surface area contributed by atoms with Crippen molar-refractivity contribution in [2.75, 3.05) is 121 Å². The van der Waals surface area contributed by atoms with Crippen LogP contribution in [-0.4, -0.2) is 133 Å². The van der Waals surface area contributed by atoms with E-state index in [1.165, 1.54) is 0 Å². The summed E-state index contributed by atoms with van der Waals surface area (Å²) in [5.74, 6) is 0.729. The molecular formula is C25H52O10. The van der Waals surface area contributed by atoms with Crippen LogP contribution in [-0.2, 0) is 47.4 Å². The van der Waals surface area contributed by atoms with Crippen molar-refractivity contribution in [1.29, 1.82) is 0 Å². The molecule has 0 rings (SSSR count). The fourth-order valence-corrected chi connectivity index (χ4v) is 3.11. The zero-order chi connectivity index (χ0) is 26.0. The van der Waals surface area contributed by atoms with E-state index in [-0.39, 0.29) is 18.1 Å². The minimum Gasteiger partial charge on any atom is -0.382 e. The van der Waals surface area contributed by atoms with Gasteiger partial charge in [0.25, 0.3) is 0 Å². The Morgan fingerprint density at radius 3 is 1.00 bits per heavy atom. The van der Waals surface area contributed by atoms with Crippen LogP contribution >= 0.6 is 0 Å². The van der Waals surface area contributed by atoms with Crippen LogP contribution in [0.15, 0.2) is 0 Å². The average molecular weight is 513 g/mol. The van der Waals surface area contributed by atoms with Crippen molar-refractivity contribution in [3.63, 3.8) is 0 Å². The second kappa shape index (κ2) is 26.7. The topological polar surface area (TPSA) is 92.3 Å². The standard InChI is InChI=1S/C25H52O10/c1-22(2)15-23(16-34-24(18-30-11-7-26-3)19-31-12-8-27-4)17-35-25(20-32-13-9-28-5)21-33-14-10-29-6/h22-25H,7-21H2,1-6H3. The van der Waals surface area contributed by atoms with Crippen LogP contribution < -0.4 is 0 Å². The fraction of sp³-hybridized carbons (Fsp3) is 1.00. The molecule has 0 heterocycles. The van der Waals surface area contributed by atoms with Crippen molar-refractivity contribution in [3.8, 4) is 0 Å². The highest BCUT2D eigenvalue weighted by molar-refractivity contribution is 4.66. The molecule has 212 valence electrons. The molecule has 0 aliphatic carbocycles. The predicted octanol–water partition coefficient (Wildman–Crippen LogP) is 2.07. The number of methoxy groups -OCH3 is 4. The van der Waals surface area contributed by atoms with Crippen LogP contribution in [0.3, 0.4) is 0 Å². The summed E-state index contributed by atoms with van der Waals surface area (Å²) in [6.07, 6.45) is 0.622. The molecule has 0 bridgehead atoms. The molecule has 0 aromatic rings. The summed E-state index contributed by atoms with van der Waals surface area (Å²) in [6, 6.07) is 0. The Morgan fingerprint density at radius 1 is 0.429 bits per heavy atom. The maximum absolute atomic E-state index is 6.22. The van der Waals surface area contributed by atoms with Crippen molar-refractivity contribution < 1.29 is 47.4 Å². The number of ether oxygens (including phenoxy) is 10. The molecule has 0 aromatic carbocycles. The third-order valence-electron chi connectivity index (χ3n) is 4.88. The summed E-state index contributed by atoms with van der Waals surface area (Å²) in [5, 5.41) is 0. The van der Waals surface area contributed by atoms with Gasteiger partial charge in [-0.15, -0.1) is 0 Å². The molecule has 0 fully saturated rings. The predicted molar refractivity (Wildman–Crippen MR) is 133 cm³/mol. The first kappa shape index (κ1) is 34.6. The van der Waals surface area contributed by atoms with Crippen LogP contribution in [0.2, 0.25) is 0 Å². The molecule has 0 radical (unpaired) electrons. The molecular weight excluding hydrogens is 460 g/mol. The zero-order valence-electron chi connectivity index (χ0n) is 23.0. The lowest BCUT2D eigenvalue weighted by atomic mass is 9.98. The van der Waals surface area contributed by atoms with Crippen molar-refractivity contribution >= 4 is 0 Å². The first-order valence-electron chi connectivity index (χ1n) is 12.6. The molecule has 0 amide bonds. The van der Waals surface area contributed by atoms with E-state index >= 15 is 0 Å². The molecule has 0 atom stereocenters. The molecule has 0 saturated heterocycles. The maximum atomic E-state index is 6.22. The van der Waals surface area contributed by atoms with Crippen LogP contribution in [0, 0.1) is 11.8 Å². The van der Waals surface area contributed by atoms with Crippen LogP contribution in [0.4, 0.5) is 0 Å². The van der Waals surface area contributed by atoms with Gasteiger partial charge in [-0.2, -0.15) is 0 Å². The quantitative estimate of drug-likeness (QED) is 0.145. The lowest BCUT2D eigenvalue weighted by Crippen LogP contribution is -2.33. The Labute approximate surface area is 213 Å². The van der Waals surface area contributed by atoms with E-state index in [0.717, 1.165) is 6.42 Å². The Bertz CT molecular complexity index is 358. The van der Waals surface area contributed by atoms with Gasteiger partial charge in [-0.1, -0.05) is 13.8 Å².